The lowest BCUT2D eigenvalue weighted by Crippen LogP contribution is -2.48. The van der Waals surface area contributed by atoms with E-state index in [4.69, 9.17) is 16.3 Å². The first-order valence-electron chi connectivity index (χ1n) is 10.0. The van der Waals surface area contributed by atoms with E-state index in [9.17, 15) is 9.90 Å². The highest BCUT2D eigenvalue weighted by molar-refractivity contribution is 6.29. The maximum atomic E-state index is 12.3. The average molecular weight is 437 g/mol. The highest BCUT2D eigenvalue weighted by atomic mass is 35.5. The number of nitrogens with one attached hydrogen (secondary N) is 1. The molecule has 0 saturated carbocycles. The summed E-state index contributed by atoms with van der Waals surface area (Å²) >= 11 is 6.05. The van der Waals surface area contributed by atoms with Gasteiger partial charge in [-0.1, -0.05) is 16.8 Å². The Bertz CT molecular complexity index is 895. The van der Waals surface area contributed by atoms with Crippen LogP contribution in [0.5, 0.6) is 0 Å². The van der Waals surface area contributed by atoms with Crippen LogP contribution in [0.15, 0.2) is 18.5 Å². The molecule has 10 heteroatoms. The number of aromatic nitrogens is 4. The topological polar surface area (TPSA) is 105 Å². The number of halogens is 1. The van der Waals surface area contributed by atoms with E-state index in [1.807, 2.05) is 34.6 Å². The molecule has 3 rings (SSSR count). The number of anilines is 1. The lowest BCUT2D eigenvalue weighted by atomic mass is 10.0. The number of β-amino-alcohol motifs (C(OH)–C–C–N with tert-alkyl or cyclic N) is 1. The first kappa shape index (κ1) is 22.3. The number of amides is 1. The van der Waals surface area contributed by atoms with Crippen LogP contribution in [0.1, 0.15) is 47.1 Å². The second kappa shape index (κ2) is 8.77. The van der Waals surface area contributed by atoms with Crippen molar-refractivity contribution in [3.05, 3.63) is 23.6 Å². The van der Waals surface area contributed by atoms with Gasteiger partial charge in [0.05, 0.1) is 24.9 Å². The van der Waals surface area contributed by atoms with Crippen LogP contribution in [0, 0.1) is 0 Å². The second-order valence-electron chi connectivity index (χ2n) is 8.79. The standard InChI is InChI=1S/C20H29ClN6O3/c1-12(2)23-14-8-18(21)22-9-13(14)15-10-27(25-24-15)16-6-7-26(11-17(16)28)19(29)30-20(3,4)5/h8-10,12,16-17,28H,6-7,11H2,1-5H3,(H,22,23)/t16-,17+/m0/s1. The zero-order chi connectivity index (χ0) is 22.1. The van der Waals surface area contributed by atoms with E-state index in [1.165, 1.54) is 4.90 Å². The normalized spacial score (nSPS) is 19.8. The van der Waals surface area contributed by atoms with E-state index in [2.05, 4.69) is 20.6 Å². The van der Waals surface area contributed by atoms with Crippen molar-refractivity contribution in [1.82, 2.24) is 24.9 Å². The highest BCUT2D eigenvalue weighted by Gasteiger charge is 2.34. The summed E-state index contributed by atoms with van der Waals surface area (Å²) in [6.45, 7) is 10.2. The number of ether oxygens (including phenoxy) is 1. The summed E-state index contributed by atoms with van der Waals surface area (Å²) in [5.74, 6) is 0. The Kier molecular flexibility index (Phi) is 6.52. The zero-order valence-corrected chi connectivity index (χ0v) is 18.7. The van der Waals surface area contributed by atoms with Crippen molar-refractivity contribution in [2.75, 3.05) is 18.4 Å². The SMILES string of the molecule is CC(C)Nc1cc(Cl)ncc1-c1cn([C@H]2CCN(C(=O)OC(C)(C)C)C[C@H]2O)nn1. The van der Waals surface area contributed by atoms with Crippen LogP contribution in [0.2, 0.25) is 5.15 Å². The molecule has 2 atom stereocenters. The molecule has 1 aliphatic rings. The zero-order valence-electron chi connectivity index (χ0n) is 18.0. The molecular formula is C20H29ClN6O3. The Morgan fingerprint density at radius 3 is 2.77 bits per heavy atom. The van der Waals surface area contributed by atoms with Crippen LogP contribution in [-0.2, 0) is 4.74 Å². The fourth-order valence-corrected chi connectivity index (χ4v) is 3.50. The third-order valence-electron chi connectivity index (χ3n) is 4.64. The molecule has 0 spiro atoms. The van der Waals surface area contributed by atoms with Gasteiger partial charge in [-0.2, -0.15) is 0 Å². The number of hydrogen-bond donors (Lipinski definition) is 2. The monoisotopic (exact) mass is 436 g/mol. The van der Waals surface area contributed by atoms with Crippen molar-refractivity contribution in [2.24, 2.45) is 0 Å². The minimum atomic E-state index is -0.780. The third kappa shape index (κ3) is 5.40. The summed E-state index contributed by atoms with van der Waals surface area (Å²) < 4.78 is 7.05. The number of rotatable bonds is 4. The van der Waals surface area contributed by atoms with E-state index < -0.39 is 17.8 Å². The molecule has 30 heavy (non-hydrogen) atoms. The maximum absolute atomic E-state index is 12.3. The van der Waals surface area contributed by atoms with E-state index >= 15 is 0 Å². The molecule has 0 aliphatic carbocycles. The fourth-order valence-electron chi connectivity index (χ4n) is 3.35. The molecule has 0 radical (unpaired) electrons. The molecule has 1 fully saturated rings. The van der Waals surface area contributed by atoms with Crippen molar-refractivity contribution in [2.45, 2.75) is 64.8 Å². The molecule has 3 heterocycles. The molecule has 9 nitrogen and oxygen atoms in total. The van der Waals surface area contributed by atoms with Gasteiger partial charge in [-0.05, 0) is 47.1 Å². The molecule has 0 aromatic carbocycles. The van der Waals surface area contributed by atoms with Crippen molar-refractivity contribution in [1.29, 1.82) is 0 Å². The number of aliphatic hydroxyl groups excluding tert-OH is 1. The Balaban J connectivity index is 1.74. The van der Waals surface area contributed by atoms with Crippen molar-refractivity contribution in [3.8, 4) is 11.3 Å². The van der Waals surface area contributed by atoms with Crippen LogP contribution in [0.4, 0.5) is 10.5 Å². The number of aliphatic hydroxyl groups is 1. The Morgan fingerprint density at radius 2 is 2.13 bits per heavy atom. The molecule has 1 saturated heterocycles. The van der Waals surface area contributed by atoms with Crippen molar-refractivity contribution < 1.29 is 14.6 Å². The summed E-state index contributed by atoms with van der Waals surface area (Å²) in [6, 6.07) is 1.67. The summed E-state index contributed by atoms with van der Waals surface area (Å²) in [6.07, 6.45) is 2.78. The number of likely N-dealkylation sites (tertiary alicyclic amines) is 1. The molecule has 2 aromatic rings. The molecule has 0 bridgehead atoms. The first-order valence-corrected chi connectivity index (χ1v) is 10.4. The minimum Gasteiger partial charge on any atom is -0.444 e. The lowest BCUT2D eigenvalue weighted by molar-refractivity contribution is -0.0120. The van der Waals surface area contributed by atoms with Crippen LogP contribution >= 0.6 is 11.6 Å². The molecule has 0 unspecified atom stereocenters. The van der Waals surface area contributed by atoms with Crippen LogP contribution in [0.3, 0.4) is 0 Å². The van der Waals surface area contributed by atoms with Gasteiger partial charge in [0, 0.05) is 30.0 Å². The second-order valence-corrected chi connectivity index (χ2v) is 9.17. The van der Waals surface area contributed by atoms with Gasteiger partial charge in [0.1, 0.15) is 16.4 Å². The number of hydrogen-bond acceptors (Lipinski definition) is 7. The number of carbonyl (C=O) groups excluding carboxylic acids is 1. The summed E-state index contributed by atoms with van der Waals surface area (Å²) in [7, 11) is 0. The van der Waals surface area contributed by atoms with E-state index in [-0.39, 0.29) is 18.6 Å². The molecule has 164 valence electrons. The van der Waals surface area contributed by atoms with Gasteiger partial charge < -0.3 is 20.1 Å². The predicted molar refractivity (Wildman–Crippen MR) is 114 cm³/mol. The van der Waals surface area contributed by atoms with Gasteiger partial charge in [-0.25, -0.2) is 14.5 Å². The molecular weight excluding hydrogens is 408 g/mol. The Labute approximate surface area is 181 Å². The van der Waals surface area contributed by atoms with Crippen molar-refractivity contribution >= 4 is 23.4 Å². The smallest absolute Gasteiger partial charge is 0.410 e. The lowest BCUT2D eigenvalue weighted by Gasteiger charge is -2.36. The summed E-state index contributed by atoms with van der Waals surface area (Å²) in [4.78, 5) is 18.0. The Hall–Kier alpha value is -2.39. The van der Waals surface area contributed by atoms with E-state index in [0.29, 0.717) is 23.8 Å². The van der Waals surface area contributed by atoms with Crippen LogP contribution in [-0.4, -0.2) is 66.9 Å². The quantitative estimate of drug-likeness (QED) is 0.708. The molecule has 2 aromatic heterocycles. The molecule has 1 amide bonds. The summed E-state index contributed by atoms with van der Waals surface area (Å²) in [5, 5.41) is 22.9. The van der Waals surface area contributed by atoms with E-state index in [1.54, 1.807) is 23.1 Å². The Morgan fingerprint density at radius 1 is 1.40 bits per heavy atom. The van der Waals surface area contributed by atoms with Crippen LogP contribution < -0.4 is 5.32 Å². The van der Waals surface area contributed by atoms with Gasteiger partial charge >= 0.3 is 6.09 Å². The van der Waals surface area contributed by atoms with Crippen LogP contribution in [0.25, 0.3) is 11.3 Å². The molecule has 1 aliphatic heterocycles. The van der Waals surface area contributed by atoms with Gasteiger partial charge in [-0.3, -0.25) is 0 Å². The number of carbonyl (C=O) groups is 1. The van der Waals surface area contributed by atoms with Gasteiger partial charge in [0.15, 0.2) is 0 Å². The molecule has 2 N–H and O–H groups in total. The van der Waals surface area contributed by atoms with Gasteiger partial charge in [-0.15, -0.1) is 5.10 Å². The van der Waals surface area contributed by atoms with Gasteiger partial charge in [0.2, 0.25) is 0 Å². The summed E-state index contributed by atoms with van der Waals surface area (Å²) in [5.41, 5.74) is 1.65. The van der Waals surface area contributed by atoms with Gasteiger partial charge in [0.25, 0.3) is 0 Å². The maximum Gasteiger partial charge on any atom is 0.410 e. The fraction of sp³-hybridized carbons (Fsp3) is 0.600. The van der Waals surface area contributed by atoms with Crippen molar-refractivity contribution in [3.63, 3.8) is 0 Å². The highest BCUT2D eigenvalue weighted by Crippen LogP contribution is 2.30. The third-order valence-corrected chi connectivity index (χ3v) is 4.85. The largest absolute Gasteiger partial charge is 0.444 e. The predicted octanol–water partition coefficient (Wildman–Crippen LogP) is 3.36. The number of piperidine rings is 1. The minimum absolute atomic E-state index is 0.178. The first-order chi connectivity index (χ1) is 14.0. The average Bonchev–Trinajstić information content (AvgIpc) is 3.09. The number of nitrogens with zero attached hydrogens (tertiary/aromatic N) is 5. The number of pyridine rings is 1. The van der Waals surface area contributed by atoms with E-state index in [0.717, 1.165) is 11.3 Å².